The molecule has 4 heterocycles. The molecule has 11 atom stereocenters. The average molecular weight is 587 g/mol. The van der Waals surface area contributed by atoms with Crippen LogP contribution in [0.15, 0.2) is 12.7 Å². The van der Waals surface area contributed by atoms with Gasteiger partial charge in [0.25, 0.3) is 15.6 Å². The van der Waals surface area contributed by atoms with E-state index in [0.717, 1.165) is 24.1 Å². The first-order chi connectivity index (χ1) is 17.6. The quantitative estimate of drug-likeness (QED) is 0.142. The number of fused-ring (bicyclic) bond motifs is 1. The van der Waals surface area contributed by atoms with Crippen LogP contribution < -0.4 is 15.5 Å². The van der Waals surface area contributed by atoms with E-state index in [-0.39, 0.29) is 17.0 Å². The first kappa shape index (κ1) is 29.3. The Hall–Kier alpha value is -1.71. The molecule has 2 aromatic rings. The zero-order chi connectivity index (χ0) is 28.2. The molecule has 4 rings (SSSR count). The first-order valence-electron chi connectivity index (χ1n) is 10.6. The van der Waals surface area contributed by atoms with E-state index in [9.17, 15) is 44.4 Å². The van der Waals surface area contributed by atoms with E-state index in [4.69, 9.17) is 20.3 Å². The first-order valence-corrected chi connectivity index (χ1v) is 13.5. The number of hydrogen-bond donors (Lipinski definition) is 7. The van der Waals surface area contributed by atoms with Gasteiger partial charge in [0.2, 0.25) is 5.79 Å². The Labute approximate surface area is 212 Å². The van der Waals surface area contributed by atoms with E-state index in [1.165, 1.54) is 0 Å². The molecule has 0 bridgehead atoms. The van der Waals surface area contributed by atoms with Crippen LogP contribution in [0.1, 0.15) is 13.2 Å². The number of ether oxygens (including phenoxy) is 2. The topological polar surface area (TPSA) is 317 Å². The molecule has 0 amide bonds. The van der Waals surface area contributed by atoms with Crippen LogP contribution in [0.4, 0.5) is 5.82 Å². The van der Waals surface area contributed by atoms with Crippen LogP contribution in [0.3, 0.4) is 0 Å². The summed E-state index contributed by atoms with van der Waals surface area (Å²) in [6, 6.07) is 0. The minimum Gasteiger partial charge on any atom is -0.756 e. The molecule has 0 radical (unpaired) electrons. The molecule has 11 unspecified atom stereocenters. The van der Waals surface area contributed by atoms with Gasteiger partial charge in [-0.15, -0.1) is 0 Å². The molecule has 0 aromatic carbocycles. The van der Waals surface area contributed by atoms with Gasteiger partial charge in [-0.1, -0.05) is 0 Å². The number of aliphatic hydroxyl groups is 6. The Bertz CT molecular complexity index is 1270. The SMILES string of the molecule is CC1(OP(=O)([O-])OP(=O)([O-])OC2OC(CO)C(O)C(O)C2O)OC(n2cnc3c(N)ncnc32)C(O)C1O. The Morgan fingerprint density at radius 1 is 1.08 bits per heavy atom. The van der Waals surface area contributed by atoms with E-state index >= 15 is 0 Å². The molecule has 20 nitrogen and oxygen atoms in total. The fourth-order valence-corrected chi connectivity index (χ4v) is 6.15. The highest BCUT2D eigenvalue weighted by molar-refractivity contribution is 7.59. The second-order valence-corrected chi connectivity index (χ2v) is 11.2. The smallest absolute Gasteiger partial charge is 0.277 e. The largest absolute Gasteiger partial charge is 0.756 e. The molecular weight excluding hydrogens is 564 g/mol. The summed E-state index contributed by atoms with van der Waals surface area (Å²) >= 11 is 0. The predicted molar refractivity (Wildman–Crippen MR) is 113 cm³/mol. The maximum atomic E-state index is 12.4. The van der Waals surface area contributed by atoms with Crippen LogP contribution in [0.2, 0.25) is 0 Å². The lowest BCUT2D eigenvalue weighted by atomic mass is 10.00. The number of nitrogens with zero attached hydrogens (tertiary/aromatic N) is 4. The summed E-state index contributed by atoms with van der Waals surface area (Å²) in [5.41, 5.74) is 5.84. The summed E-state index contributed by atoms with van der Waals surface area (Å²) in [4.78, 5) is 36.3. The third-order valence-corrected chi connectivity index (χ3v) is 8.40. The maximum absolute atomic E-state index is 12.4. The van der Waals surface area contributed by atoms with Gasteiger partial charge in [-0.3, -0.25) is 22.7 Å². The number of rotatable bonds is 8. The van der Waals surface area contributed by atoms with Crippen molar-refractivity contribution in [2.24, 2.45) is 0 Å². The third kappa shape index (κ3) is 5.48. The second-order valence-electron chi connectivity index (χ2n) is 8.41. The normalized spacial score (nSPS) is 39.2. The molecule has 22 heteroatoms. The number of phosphoric acid groups is 2. The van der Waals surface area contributed by atoms with Gasteiger partial charge in [0, 0.05) is 0 Å². The van der Waals surface area contributed by atoms with Crippen LogP contribution >= 0.6 is 15.6 Å². The van der Waals surface area contributed by atoms with Gasteiger partial charge in [0.1, 0.15) is 48.5 Å². The van der Waals surface area contributed by atoms with Crippen LogP contribution in [-0.4, -0.2) is 105 Å². The van der Waals surface area contributed by atoms with E-state index in [1.54, 1.807) is 0 Å². The molecule has 2 fully saturated rings. The van der Waals surface area contributed by atoms with Gasteiger partial charge >= 0.3 is 0 Å². The summed E-state index contributed by atoms with van der Waals surface area (Å²) in [5, 5.41) is 59.5. The fourth-order valence-electron chi connectivity index (χ4n) is 3.86. The summed E-state index contributed by atoms with van der Waals surface area (Å²) in [7, 11) is -12.0. The number of anilines is 1. The van der Waals surface area contributed by atoms with Crippen LogP contribution in [0, 0.1) is 0 Å². The van der Waals surface area contributed by atoms with Crippen LogP contribution in [0.25, 0.3) is 11.2 Å². The highest BCUT2D eigenvalue weighted by atomic mass is 31.3. The lowest BCUT2D eigenvalue weighted by molar-refractivity contribution is -0.308. The molecule has 0 aliphatic carbocycles. The standard InChI is InChI=1S/C16H25N5O15P2/c1-16(11(27)10(26)14(33-16)21-4-20-6-12(17)18-3-19-13(6)21)35-38(30,31)36-37(28,29)34-15-9(25)8(24)7(23)5(2-22)32-15/h3-5,7-11,14-15,22-27H,2H2,1H3,(H,28,29)(H,30,31)(H2,17,18,19)/p-2. The minimum absolute atomic E-state index is 0.0242. The van der Waals surface area contributed by atoms with E-state index in [1.807, 2.05) is 0 Å². The molecule has 8 N–H and O–H groups in total. The molecule has 2 aliphatic heterocycles. The van der Waals surface area contributed by atoms with Crippen molar-refractivity contribution < 1.29 is 72.4 Å². The number of nitrogen functional groups attached to an aromatic ring is 1. The monoisotopic (exact) mass is 587 g/mol. The zero-order valence-corrected chi connectivity index (χ0v) is 20.9. The Kier molecular flexibility index (Phi) is 7.98. The number of imidazole rings is 1. The second kappa shape index (κ2) is 10.4. The fraction of sp³-hybridized carbons (Fsp3) is 0.688. The van der Waals surface area contributed by atoms with Crippen molar-refractivity contribution in [2.45, 2.75) is 61.9 Å². The molecule has 38 heavy (non-hydrogen) atoms. The molecular formula is C16H23N5O15P2-2. The van der Waals surface area contributed by atoms with Gasteiger partial charge in [-0.05, 0) is 6.92 Å². The highest BCUT2D eigenvalue weighted by Crippen LogP contribution is 2.60. The number of nitrogens with two attached hydrogens (primary N) is 1. The van der Waals surface area contributed by atoms with Gasteiger partial charge in [-0.25, -0.2) is 19.3 Å². The molecule has 2 aliphatic rings. The molecule has 214 valence electrons. The molecule has 2 saturated heterocycles. The summed E-state index contributed by atoms with van der Waals surface area (Å²) in [6.07, 6.45) is -13.3. The summed E-state index contributed by atoms with van der Waals surface area (Å²) < 4.78 is 48.9. The van der Waals surface area contributed by atoms with Crippen molar-refractivity contribution in [1.29, 1.82) is 0 Å². The number of aliphatic hydroxyl groups excluding tert-OH is 6. The van der Waals surface area contributed by atoms with Crippen molar-refractivity contribution in [3.05, 3.63) is 12.7 Å². The Morgan fingerprint density at radius 2 is 1.76 bits per heavy atom. The van der Waals surface area contributed by atoms with Gasteiger partial charge in [0.15, 0.2) is 24.0 Å². The van der Waals surface area contributed by atoms with Crippen molar-refractivity contribution in [3.63, 3.8) is 0 Å². The molecule has 0 saturated carbocycles. The maximum Gasteiger partial charge on any atom is 0.277 e. The van der Waals surface area contributed by atoms with E-state index < -0.39 is 77.2 Å². The predicted octanol–water partition coefficient (Wildman–Crippen LogP) is -4.84. The van der Waals surface area contributed by atoms with Crippen molar-refractivity contribution >= 4 is 32.6 Å². The van der Waals surface area contributed by atoms with Crippen molar-refractivity contribution in [2.75, 3.05) is 12.3 Å². The molecule has 2 aromatic heterocycles. The number of phosphoric ester groups is 2. The zero-order valence-electron chi connectivity index (χ0n) is 19.1. The molecule has 0 spiro atoms. The van der Waals surface area contributed by atoms with Crippen LogP contribution in [0.5, 0.6) is 0 Å². The minimum atomic E-state index is -6.00. The van der Waals surface area contributed by atoms with Gasteiger partial charge in [0.05, 0.1) is 12.9 Å². The van der Waals surface area contributed by atoms with Gasteiger partial charge < -0.3 is 55.6 Å². The van der Waals surface area contributed by atoms with Crippen LogP contribution in [-0.2, 0) is 32.0 Å². The third-order valence-electron chi connectivity index (χ3n) is 5.74. The van der Waals surface area contributed by atoms with E-state index in [2.05, 4.69) is 28.3 Å². The van der Waals surface area contributed by atoms with Crippen molar-refractivity contribution in [3.8, 4) is 0 Å². The lowest BCUT2D eigenvalue weighted by Gasteiger charge is -2.42. The van der Waals surface area contributed by atoms with E-state index in [0.29, 0.717) is 0 Å². The Balaban J connectivity index is 1.48. The average Bonchev–Trinajstić information content (AvgIpc) is 3.34. The number of aromatic nitrogens is 4. The number of hydrogen-bond acceptors (Lipinski definition) is 19. The van der Waals surface area contributed by atoms with Gasteiger partial charge in [-0.2, -0.15) is 0 Å². The lowest BCUT2D eigenvalue weighted by Crippen LogP contribution is -2.59. The summed E-state index contributed by atoms with van der Waals surface area (Å²) in [6.45, 7) is -0.0781. The highest BCUT2D eigenvalue weighted by Gasteiger charge is 2.55. The Morgan fingerprint density at radius 3 is 2.42 bits per heavy atom. The summed E-state index contributed by atoms with van der Waals surface area (Å²) in [5.74, 6) is -2.65. The van der Waals surface area contributed by atoms with Crippen molar-refractivity contribution in [1.82, 2.24) is 19.5 Å².